The smallest absolute Gasteiger partial charge is 0.248 e. The van der Waals surface area contributed by atoms with Crippen LogP contribution in [0.25, 0.3) is 0 Å². The highest BCUT2D eigenvalue weighted by atomic mass is 16.5. The van der Waals surface area contributed by atoms with Crippen LogP contribution in [-0.2, 0) is 63.9 Å². The maximum Gasteiger partial charge on any atom is 0.248 e. The Morgan fingerprint density at radius 2 is 1.18 bits per heavy atom. The van der Waals surface area contributed by atoms with Gasteiger partial charge in [-0.05, 0) is 97.0 Å². The normalized spacial score (nSPS) is 26.5. The molecule has 0 aliphatic carbocycles. The minimum atomic E-state index is -1.63. The van der Waals surface area contributed by atoms with E-state index in [9.17, 15) is 53.1 Å². The second kappa shape index (κ2) is 32.7. The number of ether oxygens (including phenoxy) is 1. The van der Waals surface area contributed by atoms with Gasteiger partial charge in [-0.1, -0.05) is 78.3 Å². The van der Waals surface area contributed by atoms with E-state index < -0.39 is 150 Å². The molecule has 0 bridgehead atoms. The molecule has 1 aromatic carbocycles. The monoisotopic (exact) mass is 1200 g/mol. The second-order valence-electron chi connectivity index (χ2n) is 25.1. The number of piperidine rings is 1. The van der Waals surface area contributed by atoms with E-state index in [1.54, 1.807) is 62.9 Å². The largest absolute Gasteiger partial charge is 0.391 e. The lowest BCUT2D eigenvalue weighted by molar-refractivity contribution is -0.152. The number of carbonyl (C=O) groups is 11. The molecule has 11 atom stereocenters. The minimum Gasteiger partial charge on any atom is -0.391 e. The predicted octanol–water partition coefficient (Wildman–Crippen LogP) is 1.55. The van der Waals surface area contributed by atoms with Crippen LogP contribution in [0.1, 0.15) is 134 Å². The highest BCUT2D eigenvalue weighted by molar-refractivity contribution is 5.99. The summed E-state index contributed by atoms with van der Waals surface area (Å²) in [5, 5.41) is 22.0. The molecule has 0 spiro atoms. The summed E-state index contributed by atoms with van der Waals surface area (Å²) < 4.78 is 6.10. The first kappa shape index (κ1) is 72.6. The summed E-state index contributed by atoms with van der Waals surface area (Å²) in [6.07, 6.45) is 0.634. The molecule has 85 heavy (non-hydrogen) atoms. The van der Waals surface area contributed by atoms with Gasteiger partial charge in [-0.25, -0.2) is 0 Å². The van der Waals surface area contributed by atoms with Crippen LogP contribution in [0.3, 0.4) is 0 Å². The van der Waals surface area contributed by atoms with Crippen LogP contribution >= 0.6 is 0 Å². The summed E-state index contributed by atoms with van der Waals surface area (Å²) in [4.78, 5) is 168. The van der Waals surface area contributed by atoms with E-state index in [-0.39, 0.29) is 37.7 Å². The zero-order valence-electron chi connectivity index (χ0n) is 53.9. The first-order chi connectivity index (χ1) is 39.5. The lowest BCUT2D eigenvalue weighted by Gasteiger charge is -2.38. The Kier molecular flexibility index (Phi) is 27.9. The number of aliphatic hydroxyl groups is 1. The average Bonchev–Trinajstić information content (AvgIpc) is 2.85. The summed E-state index contributed by atoms with van der Waals surface area (Å²) in [5.74, 6) is -8.97. The molecular formula is C61H101N11O13. The molecule has 0 radical (unpaired) electrons. The number of rotatable bonds is 12. The molecule has 24 nitrogen and oxygen atoms in total. The van der Waals surface area contributed by atoms with Crippen LogP contribution in [0.2, 0.25) is 0 Å². The van der Waals surface area contributed by atoms with E-state index in [0.29, 0.717) is 37.9 Å². The van der Waals surface area contributed by atoms with Gasteiger partial charge in [-0.2, -0.15) is 0 Å². The molecule has 2 saturated heterocycles. The molecule has 2 heterocycles. The highest BCUT2D eigenvalue weighted by Crippen LogP contribution is 2.22. The van der Waals surface area contributed by atoms with Crippen molar-refractivity contribution in [3.8, 4) is 0 Å². The van der Waals surface area contributed by atoms with Crippen molar-refractivity contribution in [1.29, 1.82) is 0 Å². The lowest BCUT2D eigenvalue weighted by atomic mass is 9.95. The Morgan fingerprint density at radius 1 is 0.635 bits per heavy atom. The van der Waals surface area contributed by atoms with E-state index >= 15 is 4.79 Å². The summed E-state index contributed by atoms with van der Waals surface area (Å²) in [6, 6.07) is -3.19. The first-order valence-corrected chi connectivity index (χ1v) is 30.0. The van der Waals surface area contributed by atoms with Gasteiger partial charge in [0.25, 0.3) is 0 Å². The number of carbonyl (C=O) groups excluding carboxylic acids is 11. The fourth-order valence-corrected chi connectivity index (χ4v) is 10.5. The molecule has 1 aromatic rings. The van der Waals surface area contributed by atoms with Crippen LogP contribution in [0.4, 0.5) is 0 Å². The Morgan fingerprint density at radius 3 is 1.71 bits per heavy atom. The van der Waals surface area contributed by atoms with Crippen LogP contribution in [0, 0.1) is 17.8 Å². The quantitative estimate of drug-likeness (QED) is 0.199. The molecule has 24 heteroatoms. The maximum absolute atomic E-state index is 15.0. The van der Waals surface area contributed by atoms with Crippen LogP contribution < -0.4 is 21.3 Å². The number of benzene rings is 1. The molecule has 2 aliphatic rings. The number of aliphatic hydroxyl groups excluding tert-OH is 1. The maximum atomic E-state index is 15.0. The van der Waals surface area contributed by atoms with Crippen LogP contribution in [0.5, 0.6) is 0 Å². The summed E-state index contributed by atoms with van der Waals surface area (Å²) >= 11 is 0. The fourth-order valence-electron chi connectivity index (χ4n) is 10.5. The third-order valence-corrected chi connectivity index (χ3v) is 16.1. The van der Waals surface area contributed by atoms with Gasteiger partial charge in [-0.3, -0.25) is 52.7 Å². The molecule has 1 unspecified atom stereocenters. The SMILES string of the molecule is CC[C@H](C)[C@H]1C(=O)NC(C(=O)N2CCCCC2)CC(=O)N[C@@H](C)C(=O)N(C)[C@@H](C)C(=O)N(C)[C@@H](Cc2ccccc2)C(=O)N(C)[C@@H](CC(C)C)C(=O)N[C@@H]([C@@H](C)O)C(=O)N(C)CC(=O)N(C)[C@@H](CC(C)C)C(=O)N[C@@H](COC(C)(C)C)C(=O)N1C. The van der Waals surface area contributed by atoms with Gasteiger partial charge in [0, 0.05) is 61.8 Å². The lowest BCUT2D eigenvalue weighted by Crippen LogP contribution is -2.62. The van der Waals surface area contributed by atoms with Crippen molar-refractivity contribution in [1.82, 2.24) is 55.6 Å². The van der Waals surface area contributed by atoms with Crippen molar-refractivity contribution in [3.05, 3.63) is 35.9 Å². The Bertz CT molecular complexity index is 2480. The molecule has 2 fully saturated rings. The van der Waals surface area contributed by atoms with E-state index in [1.165, 1.54) is 77.8 Å². The number of nitrogens with one attached hydrogen (secondary N) is 4. The average molecular weight is 1200 g/mol. The molecule has 0 saturated carbocycles. The summed E-state index contributed by atoms with van der Waals surface area (Å²) in [5.41, 5.74) is -0.159. The van der Waals surface area contributed by atoms with E-state index in [2.05, 4.69) is 21.3 Å². The van der Waals surface area contributed by atoms with E-state index in [0.717, 1.165) is 21.1 Å². The van der Waals surface area contributed by atoms with Gasteiger partial charge < -0.3 is 65.4 Å². The van der Waals surface area contributed by atoms with E-state index in [4.69, 9.17) is 4.74 Å². The van der Waals surface area contributed by atoms with Crippen molar-refractivity contribution >= 4 is 65.0 Å². The topological polar surface area (TPSA) is 288 Å². The third kappa shape index (κ3) is 20.8. The second-order valence-corrected chi connectivity index (χ2v) is 25.1. The van der Waals surface area contributed by atoms with E-state index in [1.807, 2.05) is 34.6 Å². The highest BCUT2D eigenvalue weighted by Gasteiger charge is 2.43. The van der Waals surface area contributed by atoms with Gasteiger partial charge in [0.05, 0.1) is 31.3 Å². The van der Waals surface area contributed by atoms with Crippen LogP contribution in [-0.4, -0.2) is 239 Å². The predicted molar refractivity (Wildman–Crippen MR) is 320 cm³/mol. The molecule has 11 amide bonds. The van der Waals surface area contributed by atoms with Gasteiger partial charge in [-0.15, -0.1) is 0 Å². The molecule has 3 rings (SSSR count). The minimum absolute atomic E-state index is 0.0222. The number of hydrogen-bond acceptors (Lipinski definition) is 13. The number of likely N-dealkylation sites (tertiary alicyclic amines) is 1. The first-order valence-electron chi connectivity index (χ1n) is 30.0. The number of hydrogen-bond donors (Lipinski definition) is 5. The number of likely N-dealkylation sites (N-methyl/N-ethyl adjacent to an activating group) is 6. The molecule has 0 aromatic heterocycles. The number of amides is 11. The van der Waals surface area contributed by atoms with Gasteiger partial charge in [0.2, 0.25) is 65.0 Å². The van der Waals surface area contributed by atoms with Gasteiger partial charge in [0.1, 0.15) is 54.4 Å². The van der Waals surface area contributed by atoms with Gasteiger partial charge in [0.15, 0.2) is 0 Å². The molecular weight excluding hydrogens is 1090 g/mol. The molecule has 2 aliphatic heterocycles. The van der Waals surface area contributed by atoms with Crippen molar-refractivity contribution in [2.45, 2.75) is 201 Å². The standard InChI is InChI=1S/C61H101N11O13/c1-19-38(6)51-54(78)63-43(58(82)72-28-24-21-25-29-72)33-48(74)62-39(7)55(79)67(14)40(8)56(80)70(17)47(32-42-26-22-20-23-27-42)59(83)69(16)46(31-37(4)5)53(77)65-50(41(9)73)60(84)66(13)34-49(75)68(15)45(30-36(2)3)52(76)64-44(57(81)71(51)18)35-85-61(10,11)12/h20,22-23,26-27,36-41,43-47,50-51,73H,19,21,24-25,28-35H2,1-18H3,(H,62,74)(H,63,78)(H,64,76)(H,65,77)/t38-,39-,40-,41+,43?,44-,45-,46-,47-,50-,51-/m0/s1. The van der Waals surface area contributed by atoms with Crippen molar-refractivity contribution in [3.63, 3.8) is 0 Å². The Balaban J connectivity index is 2.28. The summed E-state index contributed by atoms with van der Waals surface area (Å²) in [7, 11) is 8.24. The number of nitrogens with zero attached hydrogens (tertiary/aromatic N) is 7. The molecule has 5 N–H and O–H groups in total. The zero-order valence-corrected chi connectivity index (χ0v) is 53.9. The molecule has 478 valence electrons. The third-order valence-electron chi connectivity index (χ3n) is 16.1. The van der Waals surface area contributed by atoms with Crippen molar-refractivity contribution < 1.29 is 62.6 Å². The Hall–Kier alpha value is -6.69. The fraction of sp³-hybridized carbons (Fsp3) is 0.721. The summed E-state index contributed by atoms with van der Waals surface area (Å²) in [6.45, 7) is 20.0. The zero-order chi connectivity index (χ0) is 64.5. The van der Waals surface area contributed by atoms with Crippen molar-refractivity contribution in [2.24, 2.45) is 17.8 Å². The van der Waals surface area contributed by atoms with Crippen molar-refractivity contribution in [2.75, 3.05) is 68.5 Å². The Labute approximate surface area is 504 Å². The van der Waals surface area contributed by atoms with Crippen LogP contribution in [0.15, 0.2) is 30.3 Å². The van der Waals surface area contributed by atoms with Gasteiger partial charge >= 0.3 is 0 Å².